The van der Waals surface area contributed by atoms with Gasteiger partial charge in [-0.1, -0.05) is 158 Å². The smallest absolute Gasteiger partial charge is 0.238 e. The number of furan rings is 1. The summed E-state index contributed by atoms with van der Waals surface area (Å²) in [7, 11) is 0. The van der Waals surface area contributed by atoms with Crippen molar-refractivity contribution in [2.75, 3.05) is 0 Å². The number of aromatic nitrogens is 5. The normalized spacial score (nSPS) is 11.9. The van der Waals surface area contributed by atoms with Gasteiger partial charge in [0, 0.05) is 43.4 Å². The third-order valence-electron chi connectivity index (χ3n) is 11.2. The maximum absolute atomic E-state index is 6.85. The van der Waals surface area contributed by atoms with E-state index in [1.165, 1.54) is 0 Å². The van der Waals surface area contributed by atoms with Gasteiger partial charge in [0.15, 0.2) is 17.2 Å². The highest BCUT2D eigenvalue weighted by Crippen LogP contribution is 2.44. The molecule has 0 N–H and O–H groups in total. The third-order valence-corrected chi connectivity index (χ3v) is 11.2. The molecule has 4 aromatic heterocycles. The van der Waals surface area contributed by atoms with Gasteiger partial charge >= 0.3 is 0 Å². The van der Waals surface area contributed by atoms with E-state index in [-0.39, 0.29) is 0 Å². The van der Waals surface area contributed by atoms with Gasteiger partial charge in [0.1, 0.15) is 5.58 Å². The van der Waals surface area contributed by atoms with E-state index >= 15 is 0 Å². The largest absolute Gasteiger partial charge is 0.454 e. The van der Waals surface area contributed by atoms with Gasteiger partial charge in [-0.05, 0) is 41.5 Å². The van der Waals surface area contributed by atoms with Crippen molar-refractivity contribution in [2.24, 2.45) is 0 Å². The minimum Gasteiger partial charge on any atom is -0.454 e. The Morgan fingerprint density at radius 2 is 0.947 bits per heavy atom. The first-order chi connectivity index (χ1) is 28.3. The Hall–Kier alpha value is -7.83. The number of nitrogens with zero attached hydrogens (tertiary/aromatic N) is 5. The van der Waals surface area contributed by atoms with Crippen LogP contribution >= 0.6 is 0 Å². The van der Waals surface area contributed by atoms with Crippen LogP contribution in [0, 0.1) is 0 Å². The fourth-order valence-electron chi connectivity index (χ4n) is 8.74. The van der Waals surface area contributed by atoms with Gasteiger partial charge in [-0.2, -0.15) is 9.97 Å². The molecule has 0 aliphatic rings. The predicted octanol–water partition coefficient (Wildman–Crippen LogP) is 13.0. The fourth-order valence-corrected chi connectivity index (χ4v) is 8.74. The molecule has 0 saturated carbocycles. The van der Waals surface area contributed by atoms with E-state index in [9.17, 15) is 0 Å². The third kappa shape index (κ3) is 4.74. The van der Waals surface area contributed by atoms with Crippen molar-refractivity contribution in [3.63, 3.8) is 0 Å². The molecule has 0 spiro atoms. The summed E-state index contributed by atoms with van der Waals surface area (Å²) in [4.78, 5) is 15.5. The zero-order chi connectivity index (χ0) is 37.5. The molecule has 0 fully saturated rings. The summed E-state index contributed by atoms with van der Waals surface area (Å²) in [5.41, 5.74) is 11.1. The second-order valence-corrected chi connectivity index (χ2v) is 14.4. The second-order valence-electron chi connectivity index (χ2n) is 14.4. The Kier molecular flexibility index (Phi) is 6.83. The van der Waals surface area contributed by atoms with E-state index in [4.69, 9.17) is 19.4 Å². The molecular weight excluding hydrogens is 699 g/mol. The lowest BCUT2D eigenvalue weighted by Crippen LogP contribution is -2.06. The molecule has 6 nitrogen and oxygen atoms in total. The molecule has 57 heavy (non-hydrogen) atoms. The minimum absolute atomic E-state index is 0.561. The first-order valence-corrected chi connectivity index (χ1v) is 19.1. The maximum Gasteiger partial charge on any atom is 0.238 e. The zero-order valence-corrected chi connectivity index (χ0v) is 30.5. The van der Waals surface area contributed by atoms with Crippen LogP contribution in [0.5, 0.6) is 0 Å². The molecule has 0 atom stereocenters. The van der Waals surface area contributed by atoms with Crippen LogP contribution in [0.3, 0.4) is 0 Å². The van der Waals surface area contributed by atoms with E-state index < -0.39 is 0 Å². The van der Waals surface area contributed by atoms with E-state index in [1.807, 2.05) is 60.7 Å². The lowest BCUT2D eigenvalue weighted by molar-refractivity contribution is 0.666. The quantitative estimate of drug-likeness (QED) is 0.177. The summed E-state index contributed by atoms with van der Waals surface area (Å²) in [6.45, 7) is 0. The van der Waals surface area contributed by atoms with Crippen molar-refractivity contribution in [1.82, 2.24) is 24.1 Å². The first kappa shape index (κ1) is 31.5. The summed E-state index contributed by atoms with van der Waals surface area (Å²) in [6.07, 6.45) is 0. The minimum atomic E-state index is 0.561. The zero-order valence-electron chi connectivity index (χ0n) is 30.5. The number of hydrogen-bond acceptors (Lipinski definition) is 4. The Labute approximate surface area is 326 Å². The van der Waals surface area contributed by atoms with Gasteiger partial charge in [-0.15, -0.1) is 0 Å². The van der Waals surface area contributed by atoms with Crippen molar-refractivity contribution in [2.45, 2.75) is 0 Å². The molecule has 6 heteroatoms. The van der Waals surface area contributed by atoms with Crippen molar-refractivity contribution in [3.8, 4) is 45.5 Å². The van der Waals surface area contributed by atoms with Gasteiger partial charge < -0.3 is 8.98 Å². The molecule has 0 radical (unpaired) electrons. The van der Waals surface area contributed by atoms with Gasteiger partial charge in [0.2, 0.25) is 5.95 Å². The van der Waals surface area contributed by atoms with E-state index in [1.54, 1.807) is 0 Å². The summed E-state index contributed by atoms with van der Waals surface area (Å²) in [5, 5.41) is 6.68. The van der Waals surface area contributed by atoms with E-state index in [0.717, 1.165) is 93.5 Å². The van der Waals surface area contributed by atoms with Crippen LogP contribution in [0.15, 0.2) is 192 Å². The predicted molar refractivity (Wildman–Crippen MR) is 232 cm³/mol. The Morgan fingerprint density at radius 3 is 1.65 bits per heavy atom. The lowest BCUT2D eigenvalue weighted by Gasteiger charge is -2.12. The molecule has 266 valence electrons. The van der Waals surface area contributed by atoms with Gasteiger partial charge in [0.05, 0.1) is 27.8 Å². The fraction of sp³-hybridized carbons (Fsp3) is 0. The maximum atomic E-state index is 6.85. The highest BCUT2D eigenvalue weighted by molar-refractivity contribution is 6.26. The average Bonchev–Trinajstić information content (AvgIpc) is 3.95. The van der Waals surface area contributed by atoms with E-state index in [2.05, 4.69) is 137 Å². The highest BCUT2D eigenvalue weighted by Gasteiger charge is 2.25. The van der Waals surface area contributed by atoms with Crippen molar-refractivity contribution >= 4 is 65.6 Å². The average molecular weight is 730 g/mol. The number of fused-ring (bicyclic) bond motifs is 10. The standard InChI is InChI=1S/C51H31N5O/c1-4-16-32(17-5-1)35-24-15-29-44-45(35)39-25-14-28-43(48(39)57-44)55-41-27-13-11-23-38(41)46-42(55)31-30-37-36-22-10-12-26-40(36)56(47(37)46)51-53-49(33-18-6-2-7-19-33)52-50(54-51)34-20-8-3-9-21-34/h1-31H. The van der Waals surface area contributed by atoms with Gasteiger partial charge in [-0.3, -0.25) is 4.57 Å². The second kappa shape index (κ2) is 12.3. The molecule has 0 amide bonds. The number of hydrogen-bond donors (Lipinski definition) is 0. The van der Waals surface area contributed by atoms with Crippen molar-refractivity contribution < 1.29 is 4.42 Å². The summed E-state index contributed by atoms with van der Waals surface area (Å²) < 4.78 is 11.4. The molecule has 12 aromatic rings. The van der Waals surface area contributed by atoms with Crippen LogP contribution in [-0.2, 0) is 0 Å². The highest BCUT2D eigenvalue weighted by atomic mass is 16.3. The molecule has 4 heterocycles. The molecule has 0 aliphatic carbocycles. The SMILES string of the molecule is c1ccc(-c2nc(-c3ccccc3)nc(-n3c4ccccc4c4ccc5c(c6ccccc6n5-c5cccc6c5oc5cccc(-c7ccccc7)c56)c43)n2)cc1. The topological polar surface area (TPSA) is 61.7 Å². The molecule has 0 unspecified atom stereocenters. The van der Waals surface area contributed by atoms with Crippen LogP contribution in [0.25, 0.3) is 111 Å². The number of para-hydroxylation sites is 3. The van der Waals surface area contributed by atoms with Gasteiger partial charge in [0.25, 0.3) is 0 Å². The summed E-state index contributed by atoms with van der Waals surface area (Å²) in [5.74, 6) is 1.80. The van der Waals surface area contributed by atoms with Crippen LogP contribution in [0.4, 0.5) is 0 Å². The van der Waals surface area contributed by atoms with Crippen molar-refractivity contribution in [3.05, 3.63) is 188 Å². The Morgan fingerprint density at radius 1 is 0.368 bits per heavy atom. The van der Waals surface area contributed by atoms with Gasteiger partial charge in [-0.25, -0.2) is 4.98 Å². The first-order valence-electron chi connectivity index (χ1n) is 19.1. The van der Waals surface area contributed by atoms with E-state index in [0.29, 0.717) is 17.6 Å². The molecule has 12 rings (SSSR count). The molecule has 8 aromatic carbocycles. The molecular formula is C51H31N5O. The number of rotatable bonds is 5. The molecule has 0 aliphatic heterocycles. The summed E-state index contributed by atoms with van der Waals surface area (Å²) in [6, 6.07) is 65.4. The number of benzene rings is 8. The van der Waals surface area contributed by atoms with Crippen LogP contribution in [0.1, 0.15) is 0 Å². The lowest BCUT2D eigenvalue weighted by atomic mass is 9.99. The van der Waals surface area contributed by atoms with Crippen LogP contribution < -0.4 is 0 Å². The summed E-state index contributed by atoms with van der Waals surface area (Å²) >= 11 is 0. The van der Waals surface area contributed by atoms with Crippen LogP contribution in [-0.4, -0.2) is 24.1 Å². The van der Waals surface area contributed by atoms with Crippen molar-refractivity contribution in [1.29, 1.82) is 0 Å². The molecule has 0 saturated heterocycles. The Balaban J connectivity index is 1.19. The van der Waals surface area contributed by atoms with Crippen LogP contribution in [0.2, 0.25) is 0 Å². The molecule has 0 bridgehead atoms. The monoisotopic (exact) mass is 729 g/mol. The Bertz CT molecular complexity index is 3450.